The predicted octanol–water partition coefficient (Wildman–Crippen LogP) is 4.99. The van der Waals surface area contributed by atoms with Gasteiger partial charge >= 0.3 is 12.0 Å². The van der Waals surface area contributed by atoms with E-state index in [-0.39, 0.29) is 23.0 Å². The Morgan fingerprint density at radius 1 is 1.06 bits per heavy atom. The third kappa shape index (κ3) is 5.52. The van der Waals surface area contributed by atoms with E-state index in [1.165, 1.54) is 0 Å². The van der Waals surface area contributed by atoms with E-state index in [4.69, 9.17) is 16.3 Å². The van der Waals surface area contributed by atoms with Gasteiger partial charge in [-0.15, -0.1) is 10.2 Å². The zero-order valence-corrected chi connectivity index (χ0v) is 19.9. The van der Waals surface area contributed by atoms with E-state index in [0.717, 1.165) is 24.2 Å². The van der Waals surface area contributed by atoms with E-state index < -0.39 is 5.97 Å². The molecule has 0 saturated carbocycles. The number of carbonyl (C=O) groups excluding carboxylic acids is 3. The Morgan fingerprint density at radius 2 is 1.74 bits per heavy atom. The zero-order valence-electron chi connectivity index (χ0n) is 18.3. The number of nitrogens with zero attached hydrogens (tertiary/aromatic N) is 3. The van der Waals surface area contributed by atoms with Crippen LogP contribution in [0.5, 0.6) is 0 Å². The smallest absolute Gasteiger partial charge is 0.338 e. The maximum atomic E-state index is 12.9. The van der Waals surface area contributed by atoms with Crippen LogP contribution in [-0.4, -0.2) is 46.2 Å². The molecular weight excluding hydrogens is 478 g/mol. The molecule has 1 aromatic heterocycles. The maximum absolute atomic E-state index is 12.9. The van der Waals surface area contributed by atoms with Crippen LogP contribution in [0.4, 0.5) is 16.2 Å². The quantitative estimate of drug-likeness (QED) is 0.462. The van der Waals surface area contributed by atoms with Crippen LogP contribution in [0.1, 0.15) is 51.0 Å². The van der Waals surface area contributed by atoms with Gasteiger partial charge in [-0.2, -0.15) is 0 Å². The second kappa shape index (κ2) is 10.6. The van der Waals surface area contributed by atoms with Gasteiger partial charge in [-0.1, -0.05) is 22.9 Å². The number of carbonyl (C=O) groups is 3. The second-order valence-corrected chi connectivity index (χ2v) is 8.93. The number of aromatic nitrogens is 2. The van der Waals surface area contributed by atoms with Crippen LogP contribution in [0.25, 0.3) is 0 Å². The molecule has 0 bridgehead atoms. The number of hydrogen-bond donors (Lipinski definition) is 2. The Labute approximate surface area is 205 Å². The summed E-state index contributed by atoms with van der Waals surface area (Å²) in [6, 6.07) is 12.7. The molecule has 1 saturated heterocycles. The van der Waals surface area contributed by atoms with Crippen LogP contribution < -0.4 is 10.6 Å². The lowest BCUT2D eigenvalue weighted by molar-refractivity contribution is 0.0526. The molecule has 176 valence electrons. The fourth-order valence-electron chi connectivity index (χ4n) is 3.54. The van der Waals surface area contributed by atoms with Crippen molar-refractivity contribution in [1.29, 1.82) is 0 Å². The van der Waals surface area contributed by atoms with Crippen molar-refractivity contribution in [2.75, 3.05) is 23.8 Å². The monoisotopic (exact) mass is 499 g/mol. The molecule has 0 aliphatic carbocycles. The van der Waals surface area contributed by atoms with E-state index in [1.54, 1.807) is 60.4 Å². The first-order valence-corrected chi connectivity index (χ1v) is 11.9. The fourth-order valence-corrected chi connectivity index (χ4v) is 4.56. The van der Waals surface area contributed by atoms with Crippen molar-refractivity contribution in [3.63, 3.8) is 0 Å². The minimum Gasteiger partial charge on any atom is -0.462 e. The fraction of sp³-hybridized carbons (Fsp3) is 0.261. The molecule has 9 nitrogen and oxygen atoms in total. The molecule has 1 aliphatic heterocycles. The van der Waals surface area contributed by atoms with Crippen molar-refractivity contribution in [2.24, 2.45) is 0 Å². The SMILES string of the molecule is CCOC(=O)c1ccc(NC(=O)N2CCCC2c2nnc(C(=O)Nc3ccc(Cl)cc3)s2)cc1. The number of esters is 1. The molecule has 0 radical (unpaired) electrons. The van der Waals surface area contributed by atoms with Crippen molar-refractivity contribution in [2.45, 2.75) is 25.8 Å². The molecule has 3 aromatic rings. The number of rotatable bonds is 6. The standard InChI is InChI=1S/C23H22ClN5O4S/c1-2-33-22(31)14-5-9-17(10-6-14)26-23(32)29-13-3-4-18(29)20-27-28-21(34-20)19(30)25-16-11-7-15(24)8-12-16/h5-12,18H,2-4,13H2,1H3,(H,25,30)(H,26,32). The number of nitrogens with one attached hydrogen (secondary N) is 2. The Hall–Kier alpha value is -3.50. The molecule has 34 heavy (non-hydrogen) atoms. The highest BCUT2D eigenvalue weighted by atomic mass is 35.5. The normalized spacial score (nSPS) is 15.1. The molecular formula is C23H22ClN5O4S. The highest BCUT2D eigenvalue weighted by molar-refractivity contribution is 7.13. The molecule has 2 heterocycles. The summed E-state index contributed by atoms with van der Waals surface area (Å²) in [4.78, 5) is 38.9. The van der Waals surface area contributed by atoms with Crippen LogP contribution in [0.3, 0.4) is 0 Å². The predicted molar refractivity (Wildman–Crippen MR) is 129 cm³/mol. The third-order valence-electron chi connectivity index (χ3n) is 5.18. The number of likely N-dealkylation sites (tertiary alicyclic amines) is 1. The lowest BCUT2D eigenvalue weighted by Crippen LogP contribution is -2.34. The van der Waals surface area contributed by atoms with Crippen LogP contribution >= 0.6 is 22.9 Å². The van der Waals surface area contributed by atoms with E-state index in [0.29, 0.717) is 40.1 Å². The number of urea groups is 1. The van der Waals surface area contributed by atoms with E-state index >= 15 is 0 Å². The van der Waals surface area contributed by atoms with Crippen molar-refractivity contribution < 1.29 is 19.1 Å². The topological polar surface area (TPSA) is 114 Å². The molecule has 11 heteroatoms. The second-order valence-electron chi connectivity index (χ2n) is 7.49. The molecule has 0 spiro atoms. The van der Waals surface area contributed by atoms with Gasteiger partial charge in [0.25, 0.3) is 5.91 Å². The molecule has 1 fully saturated rings. The number of hydrogen-bond acceptors (Lipinski definition) is 7. The van der Waals surface area contributed by atoms with Crippen LogP contribution in [-0.2, 0) is 4.74 Å². The molecule has 4 rings (SSSR count). The average molecular weight is 500 g/mol. The molecule has 3 amide bonds. The summed E-state index contributed by atoms with van der Waals surface area (Å²) in [7, 11) is 0. The summed E-state index contributed by atoms with van der Waals surface area (Å²) in [5.41, 5.74) is 1.57. The molecule has 1 atom stereocenters. The van der Waals surface area contributed by atoms with E-state index in [1.807, 2.05) is 0 Å². The molecule has 2 N–H and O–H groups in total. The van der Waals surface area contributed by atoms with Gasteiger partial charge in [0.1, 0.15) is 5.01 Å². The summed E-state index contributed by atoms with van der Waals surface area (Å²) in [5.74, 6) is -0.783. The summed E-state index contributed by atoms with van der Waals surface area (Å²) in [6.45, 7) is 2.60. The molecule has 1 aliphatic rings. The van der Waals surface area contributed by atoms with Crippen LogP contribution in [0, 0.1) is 0 Å². The number of benzene rings is 2. The number of halogens is 1. The van der Waals surface area contributed by atoms with Crippen LogP contribution in [0.2, 0.25) is 5.02 Å². The highest BCUT2D eigenvalue weighted by Crippen LogP contribution is 2.34. The van der Waals surface area contributed by atoms with Crippen molar-refractivity contribution in [3.8, 4) is 0 Å². The first-order valence-electron chi connectivity index (χ1n) is 10.7. The minimum absolute atomic E-state index is 0.215. The minimum atomic E-state index is -0.410. The molecule has 1 unspecified atom stereocenters. The number of anilines is 2. The summed E-state index contributed by atoms with van der Waals surface area (Å²) >= 11 is 7.04. The zero-order chi connectivity index (χ0) is 24.1. The largest absolute Gasteiger partial charge is 0.462 e. The van der Waals surface area contributed by atoms with Gasteiger partial charge in [0.2, 0.25) is 5.01 Å². The van der Waals surface area contributed by atoms with Crippen molar-refractivity contribution >= 4 is 52.2 Å². The lowest BCUT2D eigenvalue weighted by atomic mass is 10.2. The maximum Gasteiger partial charge on any atom is 0.338 e. The van der Waals surface area contributed by atoms with Gasteiger partial charge < -0.3 is 20.3 Å². The summed E-state index contributed by atoms with van der Waals surface area (Å²) < 4.78 is 4.97. The van der Waals surface area contributed by atoms with Gasteiger partial charge in [0.15, 0.2) is 0 Å². The first-order chi connectivity index (χ1) is 16.4. The first kappa shape index (κ1) is 23.7. The average Bonchev–Trinajstić information content (AvgIpc) is 3.51. The number of ether oxygens (including phenoxy) is 1. The Bertz CT molecular complexity index is 1180. The van der Waals surface area contributed by atoms with Crippen LogP contribution in [0.15, 0.2) is 48.5 Å². The van der Waals surface area contributed by atoms with Crippen molar-refractivity contribution in [1.82, 2.24) is 15.1 Å². The van der Waals surface area contributed by atoms with Gasteiger partial charge in [-0.3, -0.25) is 4.79 Å². The number of amides is 3. The van der Waals surface area contributed by atoms with Gasteiger partial charge in [-0.25, -0.2) is 9.59 Å². The Morgan fingerprint density at radius 3 is 2.44 bits per heavy atom. The molecule has 2 aromatic carbocycles. The Kier molecular flexibility index (Phi) is 7.39. The van der Waals surface area contributed by atoms with E-state index in [9.17, 15) is 14.4 Å². The lowest BCUT2D eigenvalue weighted by Gasteiger charge is -2.23. The van der Waals surface area contributed by atoms with E-state index in [2.05, 4.69) is 20.8 Å². The summed E-state index contributed by atoms with van der Waals surface area (Å²) in [6.07, 6.45) is 1.54. The van der Waals surface area contributed by atoms with Gasteiger partial charge in [-0.05, 0) is 68.3 Å². The summed E-state index contributed by atoms with van der Waals surface area (Å²) in [5, 5.41) is 15.2. The van der Waals surface area contributed by atoms with Gasteiger partial charge in [0.05, 0.1) is 18.2 Å². The highest BCUT2D eigenvalue weighted by Gasteiger charge is 2.33. The Balaban J connectivity index is 1.39. The third-order valence-corrected chi connectivity index (χ3v) is 6.46. The van der Waals surface area contributed by atoms with Gasteiger partial charge in [0, 0.05) is 22.9 Å². The van der Waals surface area contributed by atoms with Crippen molar-refractivity contribution in [3.05, 3.63) is 69.1 Å².